The summed E-state index contributed by atoms with van der Waals surface area (Å²) in [5.41, 5.74) is 2.12. The molecule has 0 aliphatic rings. The topological polar surface area (TPSA) is 91.6 Å². The first-order chi connectivity index (χ1) is 18.2. The van der Waals surface area contributed by atoms with Crippen molar-refractivity contribution in [2.45, 2.75) is 11.5 Å². The average Bonchev–Trinajstić information content (AvgIpc) is 3.11. The van der Waals surface area contributed by atoms with Crippen molar-refractivity contribution in [3.05, 3.63) is 112 Å². The monoisotopic (exact) mass is 593 g/mol. The van der Waals surface area contributed by atoms with Crippen molar-refractivity contribution in [3.63, 3.8) is 0 Å². The highest BCUT2D eigenvalue weighted by atomic mass is 79.9. The SMILES string of the molecule is Cn1c(=O)n(C)c2cc(Oc3cccc(OCc4ccccc4)c3)c(NS(=O)(=O)c3cccc(Br)c3)cc21. The summed E-state index contributed by atoms with van der Waals surface area (Å²) in [5, 5.41) is 0. The van der Waals surface area contributed by atoms with E-state index in [0.29, 0.717) is 33.6 Å². The summed E-state index contributed by atoms with van der Waals surface area (Å²) in [6.45, 7) is 0.389. The Morgan fingerprint density at radius 3 is 2.24 bits per heavy atom. The molecule has 0 saturated heterocycles. The molecule has 1 aromatic heterocycles. The van der Waals surface area contributed by atoms with E-state index in [1.165, 1.54) is 21.3 Å². The Balaban J connectivity index is 1.51. The lowest BCUT2D eigenvalue weighted by atomic mass is 10.2. The highest BCUT2D eigenvalue weighted by Gasteiger charge is 2.20. The standard InChI is InChI=1S/C28H24BrN3O5S/c1-31-25-16-24(30-38(34,35)23-13-6-10-20(29)14-23)27(17-26(25)32(2)28(31)33)37-22-12-7-11-21(15-22)36-18-19-8-4-3-5-9-19/h3-17,30H,18H2,1-2H3. The fourth-order valence-electron chi connectivity index (χ4n) is 4.02. The van der Waals surface area contributed by atoms with Crippen molar-refractivity contribution in [2.75, 3.05) is 4.72 Å². The number of ether oxygens (including phenoxy) is 2. The molecule has 1 N–H and O–H groups in total. The van der Waals surface area contributed by atoms with Crippen LogP contribution in [0.4, 0.5) is 5.69 Å². The molecule has 0 amide bonds. The lowest BCUT2D eigenvalue weighted by Crippen LogP contribution is -2.19. The molecular formula is C28H24BrN3O5S. The van der Waals surface area contributed by atoms with Crippen LogP contribution in [0.25, 0.3) is 11.0 Å². The van der Waals surface area contributed by atoms with Crippen molar-refractivity contribution in [1.82, 2.24) is 9.13 Å². The highest BCUT2D eigenvalue weighted by molar-refractivity contribution is 9.10. The fraction of sp³-hybridized carbons (Fsp3) is 0.107. The van der Waals surface area contributed by atoms with E-state index >= 15 is 0 Å². The molecule has 0 aliphatic carbocycles. The summed E-state index contributed by atoms with van der Waals surface area (Å²) in [5.74, 6) is 1.27. The Bertz CT molecular complexity index is 1800. The van der Waals surface area contributed by atoms with Gasteiger partial charge in [-0.3, -0.25) is 13.9 Å². The molecule has 0 aliphatic heterocycles. The summed E-state index contributed by atoms with van der Waals surface area (Å²) in [6.07, 6.45) is 0. The molecule has 0 spiro atoms. The first kappa shape index (κ1) is 25.6. The third-order valence-electron chi connectivity index (χ3n) is 6.01. The van der Waals surface area contributed by atoms with Gasteiger partial charge in [-0.15, -0.1) is 0 Å². The molecule has 0 atom stereocenters. The number of hydrogen-bond acceptors (Lipinski definition) is 5. The minimum absolute atomic E-state index is 0.0798. The van der Waals surface area contributed by atoms with Gasteiger partial charge in [0, 0.05) is 30.7 Å². The number of benzene rings is 4. The number of nitrogens with zero attached hydrogens (tertiary/aromatic N) is 2. The minimum atomic E-state index is -3.96. The molecule has 0 fully saturated rings. The van der Waals surface area contributed by atoms with Gasteiger partial charge in [-0.1, -0.05) is 58.4 Å². The van der Waals surface area contributed by atoms with Gasteiger partial charge in [-0.2, -0.15) is 0 Å². The molecule has 0 bridgehead atoms. The van der Waals surface area contributed by atoms with Gasteiger partial charge in [0.15, 0.2) is 5.75 Å². The summed E-state index contributed by atoms with van der Waals surface area (Å²) >= 11 is 3.32. The van der Waals surface area contributed by atoms with Crippen LogP contribution in [0.3, 0.4) is 0 Å². The lowest BCUT2D eigenvalue weighted by Gasteiger charge is -2.15. The fourth-order valence-corrected chi connectivity index (χ4v) is 5.68. The van der Waals surface area contributed by atoms with Crippen LogP contribution in [0.2, 0.25) is 0 Å². The number of nitrogens with one attached hydrogen (secondary N) is 1. The normalized spacial score (nSPS) is 11.4. The molecule has 8 nitrogen and oxygen atoms in total. The van der Waals surface area contributed by atoms with Gasteiger partial charge in [0.1, 0.15) is 18.1 Å². The van der Waals surface area contributed by atoms with Gasteiger partial charge in [0.25, 0.3) is 10.0 Å². The number of halogens is 1. The molecule has 0 saturated carbocycles. The maximum Gasteiger partial charge on any atom is 0.328 e. The van der Waals surface area contributed by atoms with E-state index in [4.69, 9.17) is 9.47 Å². The maximum atomic E-state index is 13.2. The average molecular weight is 594 g/mol. The molecule has 0 radical (unpaired) electrons. The molecule has 4 aromatic carbocycles. The molecule has 5 aromatic rings. The summed E-state index contributed by atoms with van der Waals surface area (Å²) in [7, 11) is -0.681. The lowest BCUT2D eigenvalue weighted by molar-refractivity contribution is 0.304. The number of imidazole rings is 1. The van der Waals surface area contributed by atoms with Crippen LogP contribution in [0.1, 0.15) is 5.56 Å². The van der Waals surface area contributed by atoms with Crippen molar-refractivity contribution in [2.24, 2.45) is 14.1 Å². The van der Waals surface area contributed by atoms with E-state index in [9.17, 15) is 13.2 Å². The van der Waals surface area contributed by atoms with E-state index < -0.39 is 10.0 Å². The van der Waals surface area contributed by atoms with Crippen LogP contribution in [-0.2, 0) is 30.7 Å². The second-order valence-electron chi connectivity index (χ2n) is 8.65. The van der Waals surface area contributed by atoms with Gasteiger partial charge < -0.3 is 9.47 Å². The van der Waals surface area contributed by atoms with E-state index in [-0.39, 0.29) is 22.0 Å². The molecule has 0 unspecified atom stereocenters. The Morgan fingerprint density at radius 2 is 1.50 bits per heavy atom. The molecule has 1 heterocycles. The van der Waals surface area contributed by atoms with Gasteiger partial charge in [0.2, 0.25) is 0 Å². The Morgan fingerprint density at radius 1 is 0.816 bits per heavy atom. The molecular weight excluding hydrogens is 570 g/mol. The molecule has 10 heteroatoms. The first-order valence-electron chi connectivity index (χ1n) is 11.6. The first-order valence-corrected chi connectivity index (χ1v) is 13.9. The van der Waals surface area contributed by atoms with E-state index in [2.05, 4.69) is 20.7 Å². The summed E-state index contributed by atoms with van der Waals surface area (Å²) in [4.78, 5) is 12.7. The van der Waals surface area contributed by atoms with Crippen molar-refractivity contribution >= 4 is 42.7 Å². The van der Waals surface area contributed by atoms with Crippen LogP contribution in [0.5, 0.6) is 17.2 Å². The van der Waals surface area contributed by atoms with Crippen LogP contribution in [0.15, 0.2) is 105 Å². The van der Waals surface area contributed by atoms with E-state index in [1.54, 1.807) is 56.6 Å². The van der Waals surface area contributed by atoms with Gasteiger partial charge >= 0.3 is 5.69 Å². The van der Waals surface area contributed by atoms with Gasteiger partial charge in [0.05, 0.1) is 21.6 Å². The number of fused-ring (bicyclic) bond motifs is 1. The number of sulfonamides is 1. The highest BCUT2D eigenvalue weighted by Crippen LogP contribution is 2.36. The molecule has 38 heavy (non-hydrogen) atoms. The number of hydrogen-bond donors (Lipinski definition) is 1. The predicted molar refractivity (Wildman–Crippen MR) is 150 cm³/mol. The van der Waals surface area contributed by atoms with E-state index in [0.717, 1.165) is 5.56 Å². The number of aryl methyl sites for hydroxylation is 2. The summed E-state index contributed by atoms with van der Waals surface area (Å²) in [6, 6.07) is 26.5. The van der Waals surface area contributed by atoms with Crippen LogP contribution in [-0.4, -0.2) is 17.6 Å². The molecule has 194 valence electrons. The predicted octanol–water partition coefficient (Wildman–Crippen LogP) is 5.81. The summed E-state index contributed by atoms with van der Waals surface area (Å²) < 4.78 is 44.8. The number of aromatic nitrogens is 2. The third kappa shape index (κ3) is 5.32. The maximum absolute atomic E-state index is 13.2. The van der Waals surface area contributed by atoms with Crippen molar-refractivity contribution in [3.8, 4) is 17.2 Å². The minimum Gasteiger partial charge on any atom is -0.489 e. The zero-order valence-corrected chi connectivity index (χ0v) is 23.0. The Hall–Kier alpha value is -4.02. The third-order valence-corrected chi connectivity index (χ3v) is 7.86. The second kappa shape index (κ2) is 10.4. The Kier molecular flexibility index (Phi) is 7.00. The Labute approximate surface area is 228 Å². The molecule has 5 rings (SSSR count). The van der Waals surface area contributed by atoms with Gasteiger partial charge in [-0.25, -0.2) is 13.2 Å². The van der Waals surface area contributed by atoms with Crippen LogP contribution < -0.4 is 19.9 Å². The van der Waals surface area contributed by atoms with Crippen LogP contribution >= 0.6 is 15.9 Å². The zero-order chi connectivity index (χ0) is 26.9. The quantitative estimate of drug-likeness (QED) is 0.245. The number of rotatable bonds is 8. The van der Waals surface area contributed by atoms with E-state index in [1.807, 2.05) is 36.4 Å². The van der Waals surface area contributed by atoms with Gasteiger partial charge in [-0.05, 0) is 42.0 Å². The van der Waals surface area contributed by atoms with Crippen molar-refractivity contribution < 1.29 is 17.9 Å². The van der Waals surface area contributed by atoms with Crippen molar-refractivity contribution in [1.29, 1.82) is 0 Å². The largest absolute Gasteiger partial charge is 0.489 e. The second-order valence-corrected chi connectivity index (χ2v) is 11.2. The smallest absolute Gasteiger partial charge is 0.328 e. The van der Waals surface area contributed by atoms with Crippen LogP contribution in [0, 0.1) is 0 Å². The zero-order valence-electron chi connectivity index (χ0n) is 20.6. The number of anilines is 1.